The van der Waals surface area contributed by atoms with Crippen LogP contribution in [0.15, 0.2) is 55.1 Å². The summed E-state index contributed by atoms with van der Waals surface area (Å²) in [6.07, 6.45) is 2.64. The van der Waals surface area contributed by atoms with Gasteiger partial charge in [0.15, 0.2) is 5.75 Å². The van der Waals surface area contributed by atoms with Gasteiger partial charge < -0.3 is 4.84 Å². The minimum absolute atomic E-state index is 0.650. The van der Waals surface area contributed by atoms with Gasteiger partial charge in [-0.15, -0.1) is 0 Å². The van der Waals surface area contributed by atoms with Crippen LogP contribution in [0.4, 0.5) is 0 Å². The van der Waals surface area contributed by atoms with Crippen molar-refractivity contribution in [1.82, 2.24) is 0 Å². The second kappa shape index (κ2) is 5.32. The highest BCUT2D eigenvalue weighted by Gasteiger charge is 2.02. The lowest BCUT2D eigenvalue weighted by Crippen LogP contribution is -2.03. The van der Waals surface area contributed by atoms with Crippen molar-refractivity contribution in [3.63, 3.8) is 0 Å². The molecule has 0 unspecified atom stereocenters. The predicted molar refractivity (Wildman–Crippen MR) is 70.6 cm³/mol. The van der Waals surface area contributed by atoms with Gasteiger partial charge in [0.1, 0.15) is 0 Å². The Hall–Kier alpha value is -2.06. The minimum atomic E-state index is 0.650. The normalized spacial score (nSPS) is 9.94. The molecule has 0 aliphatic heterocycles. The van der Waals surface area contributed by atoms with Crippen molar-refractivity contribution in [2.45, 2.75) is 6.42 Å². The van der Waals surface area contributed by atoms with Gasteiger partial charge in [0.2, 0.25) is 0 Å². The first-order valence-corrected chi connectivity index (χ1v) is 5.49. The van der Waals surface area contributed by atoms with Crippen LogP contribution in [-0.2, 0) is 6.42 Å². The third kappa shape index (κ3) is 2.74. The predicted octanol–water partition coefficient (Wildman–Crippen LogP) is 3.17. The molecule has 0 saturated heterocycles. The molecule has 0 radical (unpaired) electrons. The first kappa shape index (κ1) is 11.4. The molecule has 0 aliphatic carbocycles. The molecule has 0 heterocycles. The Kier molecular flexibility index (Phi) is 3.58. The highest BCUT2D eigenvalue weighted by Crippen LogP contribution is 2.21. The maximum atomic E-state index is 5.18. The monoisotopic (exact) mass is 225 g/mol. The molecular formula is C15H15NO. The van der Waals surface area contributed by atoms with Crippen LogP contribution in [-0.4, -0.2) is 0 Å². The summed E-state index contributed by atoms with van der Waals surface area (Å²) >= 11 is 0. The van der Waals surface area contributed by atoms with Gasteiger partial charge in [0, 0.05) is 5.56 Å². The fraction of sp³-hybridized carbons (Fsp3) is 0.0667. The SMILES string of the molecule is C=Cc1cc(Cc2ccccc2)ccc1ON. The van der Waals surface area contributed by atoms with Gasteiger partial charge in [0.25, 0.3) is 0 Å². The van der Waals surface area contributed by atoms with Crippen molar-refractivity contribution in [1.29, 1.82) is 0 Å². The number of hydrogen-bond donors (Lipinski definition) is 1. The average molecular weight is 225 g/mol. The summed E-state index contributed by atoms with van der Waals surface area (Å²) in [5.41, 5.74) is 3.41. The van der Waals surface area contributed by atoms with Crippen molar-refractivity contribution in [3.8, 4) is 5.75 Å². The lowest BCUT2D eigenvalue weighted by molar-refractivity contribution is 0.333. The molecule has 0 amide bonds. The molecule has 0 fully saturated rings. The van der Waals surface area contributed by atoms with E-state index >= 15 is 0 Å². The van der Waals surface area contributed by atoms with Gasteiger partial charge >= 0.3 is 0 Å². The van der Waals surface area contributed by atoms with Crippen molar-refractivity contribution in [2.24, 2.45) is 5.90 Å². The summed E-state index contributed by atoms with van der Waals surface area (Å²) in [5.74, 6) is 5.83. The highest BCUT2D eigenvalue weighted by molar-refractivity contribution is 5.57. The maximum Gasteiger partial charge on any atom is 0.154 e. The van der Waals surface area contributed by atoms with Gasteiger partial charge in [-0.2, -0.15) is 5.90 Å². The zero-order valence-electron chi connectivity index (χ0n) is 9.60. The van der Waals surface area contributed by atoms with Crippen LogP contribution < -0.4 is 10.7 Å². The molecule has 86 valence electrons. The average Bonchev–Trinajstić information content (AvgIpc) is 2.40. The number of hydrogen-bond acceptors (Lipinski definition) is 2. The molecule has 2 aromatic carbocycles. The molecule has 0 aromatic heterocycles. The molecule has 2 heteroatoms. The smallest absolute Gasteiger partial charge is 0.154 e. The van der Waals surface area contributed by atoms with Crippen LogP contribution >= 0.6 is 0 Å². The molecule has 2 N–H and O–H groups in total. The summed E-state index contributed by atoms with van der Waals surface area (Å²) in [5, 5.41) is 0. The van der Waals surface area contributed by atoms with E-state index < -0.39 is 0 Å². The molecule has 0 saturated carbocycles. The summed E-state index contributed by atoms with van der Waals surface area (Å²) in [6, 6.07) is 16.3. The van der Waals surface area contributed by atoms with Gasteiger partial charge in [0.05, 0.1) is 0 Å². The fourth-order valence-electron chi connectivity index (χ4n) is 1.81. The molecule has 0 aliphatic rings. The summed E-state index contributed by atoms with van der Waals surface area (Å²) in [6.45, 7) is 3.75. The summed E-state index contributed by atoms with van der Waals surface area (Å²) in [4.78, 5) is 4.77. The molecule has 0 atom stereocenters. The zero-order valence-corrected chi connectivity index (χ0v) is 9.60. The van der Waals surface area contributed by atoms with E-state index in [0.717, 1.165) is 12.0 Å². The van der Waals surface area contributed by atoms with E-state index in [1.165, 1.54) is 11.1 Å². The van der Waals surface area contributed by atoms with Gasteiger partial charge in [-0.1, -0.05) is 49.1 Å². The molecule has 2 nitrogen and oxygen atoms in total. The molecular weight excluding hydrogens is 210 g/mol. The van der Waals surface area contributed by atoms with E-state index in [9.17, 15) is 0 Å². The molecule has 0 bridgehead atoms. The second-order valence-corrected chi connectivity index (χ2v) is 3.86. The largest absolute Gasteiger partial charge is 0.411 e. The lowest BCUT2D eigenvalue weighted by Gasteiger charge is -2.07. The maximum absolute atomic E-state index is 5.18. The van der Waals surface area contributed by atoms with E-state index in [1.807, 2.05) is 36.4 Å². The zero-order chi connectivity index (χ0) is 12.1. The van der Waals surface area contributed by atoms with Gasteiger partial charge in [-0.25, -0.2) is 0 Å². The Morgan fingerprint density at radius 2 is 1.82 bits per heavy atom. The number of rotatable bonds is 4. The third-order valence-corrected chi connectivity index (χ3v) is 2.67. The van der Waals surface area contributed by atoms with E-state index in [0.29, 0.717) is 5.75 Å². The van der Waals surface area contributed by atoms with Crippen molar-refractivity contribution in [2.75, 3.05) is 0 Å². The van der Waals surface area contributed by atoms with Crippen molar-refractivity contribution >= 4 is 6.08 Å². The quantitative estimate of drug-likeness (QED) is 0.811. The van der Waals surface area contributed by atoms with E-state index in [2.05, 4.69) is 18.7 Å². The van der Waals surface area contributed by atoms with Crippen molar-refractivity contribution < 1.29 is 4.84 Å². The lowest BCUT2D eigenvalue weighted by atomic mass is 10.0. The summed E-state index contributed by atoms with van der Waals surface area (Å²) in [7, 11) is 0. The number of benzene rings is 2. The van der Waals surface area contributed by atoms with Crippen LogP contribution in [0.3, 0.4) is 0 Å². The Morgan fingerprint density at radius 3 is 2.47 bits per heavy atom. The van der Waals surface area contributed by atoms with E-state index in [4.69, 9.17) is 10.7 Å². The van der Waals surface area contributed by atoms with Crippen LogP contribution in [0.25, 0.3) is 6.08 Å². The Labute approximate surface area is 101 Å². The molecule has 17 heavy (non-hydrogen) atoms. The highest BCUT2D eigenvalue weighted by atomic mass is 16.6. The first-order chi connectivity index (χ1) is 8.33. The Morgan fingerprint density at radius 1 is 1.06 bits per heavy atom. The Bertz CT molecular complexity index is 506. The second-order valence-electron chi connectivity index (χ2n) is 3.86. The molecule has 2 rings (SSSR count). The first-order valence-electron chi connectivity index (χ1n) is 5.49. The van der Waals surface area contributed by atoms with E-state index in [1.54, 1.807) is 6.08 Å². The van der Waals surface area contributed by atoms with E-state index in [-0.39, 0.29) is 0 Å². The van der Waals surface area contributed by atoms with Gasteiger partial charge in [-0.3, -0.25) is 0 Å². The topological polar surface area (TPSA) is 35.2 Å². The molecule has 0 spiro atoms. The van der Waals surface area contributed by atoms with Crippen molar-refractivity contribution in [3.05, 3.63) is 71.8 Å². The molecule has 2 aromatic rings. The van der Waals surface area contributed by atoms with Crippen LogP contribution in [0.5, 0.6) is 5.75 Å². The van der Waals surface area contributed by atoms with Gasteiger partial charge in [-0.05, 0) is 29.7 Å². The van der Waals surface area contributed by atoms with Crippen LogP contribution in [0.1, 0.15) is 16.7 Å². The van der Waals surface area contributed by atoms with Crippen LogP contribution in [0, 0.1) is 0 Å². The Balaban J connectivity index is 2.25. The number of nitrogens with two attached hydrogens (primary N) is 1. The van der Waals surface area contributed by atoms with Crippen LogP contribution in [0.2, 0.25) is 0 Å². The minimum Gasteiger partial charge on any atom is -0.411 e. The fourth-order valence-corrected chi connectivity index (χ4v) is 1.81. The third-order valence-electron chi connectivity index (χ3n) is 2.67. The standard InChI is InChI=1S/C15H15NO/c1-2-14-11-13(8-9-15(14)17-16)10-12-6-4-3-5-7-12/h2-9,11H,1,10,16H2. The summed E-state index contributed by atoms with van der Waals surface area (Å²) < 4.78 is 0.